The number of amides is 1. The highest BCUT2D eigenvalue weighted by Crippen LogP contribution is 2.44. The number of unbranched alkanes of at least 4 members (excludes halogenated alkanes) is 8. The number of thioether (sulfide) groups is 3. The van der Waals surface area contributed by atoms with Gasteiger partial charge in [-0.15, -0.1) is 35.3 Å². The number of nitrogens with one attached hydrogen (secondary N) is 1. The Morgan fingerprint density at radius 1 is 1.00 bits per heavy atom. The fourth-order valence-corrected chi connectivity index (χ4v) is 7.82. The molecule has 1 amide bonds. The molecule has 0 saturated carbocycles. The van der Waals surface area contributed by atoms with Gasteiger partial charge < -0.3 is 5.32 Å². The van der Waals surface area contributed by atoms with Crippen molar-refractivity contribution >= 4 is 46.9 Å². The summed E-state index contributed by atoms with van der Waals surface area (Å²) in [5.41, 5.74) is 1.91. The van der Waals surface area contributed by atoms with E-state index in [1.54, 1.807) is 23.5 Å². The lowest BCUT2D eigenvalue weighted by atomic mass is 9.90. The molecule has 3 nitrogen and oxygen atoms in total. The van der Waals surface area contributed by atoms with Crippen molar-refractivity contribution in [1.82, 2.24) is 4.98 Å². The Morgan fingerprint density at radius 3 is 2.24 bits per heavy atom. The van der Waals surface area contributed by atoms with Gasteiger partial charge >= 0.3 is 0 Å². The molecule has 1 fully saturated rings. The number of carbonyl (C=O) groups excluding carboxylic acids is 1. The standard InChI is InChI=1S/C27H46N2OS3/c1-6-8-10-12-14-16-21-19-24(33-22(21)17-15-13-11-9-7-2)26(30)29-25-23(31-4)18-20(3)28-27(25)32-5/h18,21-22,24H,6-17,19H2,1-5H3,(H,29,30). The molecule has 1 aromatic rings. The van der Waals surface area contributed by atoms with E-state index in [0.717, 1.165) is 27.7 Å². The zero-order chi connectivity index (χ0) is 24.1. The Bertz CT molecular complexity index is 666. The Kier molecular flexibility index (Phi) is 14.3. The third-order valence-corrected chi connectivity index (χ3v) is 9.83. The molecule has 3 unspecified atom stereocenters. The fourth-order valence-electron chi connectivity index (χ4n) is 4.78. The summed E-state index contributed by atoms with van der Waals surface area (Å²) in [6.07, 6.45) is 21.0. The fraction of sp³-hybridized carbons (Fsp3) is 0.778. The number of hydrogen-bond donors (Lipinski definition) is 1. The summed E-state index contributed by atoms with van der Waals surface area (Å²) in [7, 11) is 0. The Balaban J connectivity index is 2.00. The van der Waals surface area contributed by atoms with E-state index in [1.165, 1.54) is 77.0 Å². The second-order valence-corrected chi connectivity index (χ2v) is 12.5. The maximum absolute atomic E-state index is 13.4. The number of hydrogen-bond acceptors (Lipinski definition) is 5. The molecule has 0 spiro atoms. The van der Waals surface area contributed by atoms with Gasteiger partial charge in [0.25, 0.3) is 0 Å². The van der Waals surface area contributed by atoms with Crippen LogP contribution < -0.4 is 5.32 Å². The lowest BCUT2D eigenvalue weighted by Crippen LogP contribution is -2.24. The SMILES string of the molecule is CCCCCCCC1CC(C(=O)Nc2c(SC)cc(C)nc2SC)SC1CCCCCCC. The Hall–Kier alpha value is -0.330. The molecule has 1 N–H and O–H groups in total. The van der Waals surface area contributed by atoms with Crippen LogP contribution in [0.5, 0.6) is 0 Å². The topological polar surface area (TPSA) is 42.0 Å². The number of carbonyl (C=O) groups is 1. The number of anilines is 1. The van der Waals surface area contributed by atoms with Gasteiger partial charge in [0.1, 0.15) is 5.03 Å². The van der Waals surface area contributed by atoms with Crippen molar-refractivity contribution in [3.8, 4) is 0 Å². The molecule has 0 radical (unpaired) electrons. The molecule has 2 heterocycles. The van der Waals surface area contributed by atoms with Crippen molar-refractivity contribution in [2.45, 2.75) is 125 Å². The minimum Gasteiger partial charge on any atom is -0.322 e. The first-order chi connectivity index (χ1) is 16.0. The molecule has 1 aliphatic heterocycles. The largest absolute Gasteiger partial charge is 0.322 e. The summed E-state index contributed by atoms with van der Waals surface area (Å²) in [5.74, 6) is 0.871. The predicted molar refractivity (Wildman–Crippen MR) is 151 cm³/mol. The highest BCUT2D eigenvalue weighted by molar-refractivity contribution is 8.01. The van der Waals surface area contributed by atoms with Gasteiger partial charge in [-0.05, 0) is 50.7 Å². The van der Waals surface area contributed by atoms with Gasteiger partial charge in [0.05, 0.1) is 10.9 Å². The molecule has 2 rings (SSSR count). The van der Waals surface area contributed by atoms with Crippen molar-refractivity contribution in [3.05, 3.63) is 11.8 Å². The summed E-state index contributed by atoms with van der Waals surface area (Å²) in [5, 5.41) is 4.93. The van der Waals surface area contributed by atoms with E-state index in [4.69, 9.17) is 0 Å². The van der Waals surface area contributed by atoms with Gasteiger partial charge in [0.15, 0.2) is 0 Å². The van der Waals surface area contributed by atoms with Gasteiger partial charge in [-0.25, -0.2) is 4.98 Å². The third kappa shape index (κ3) is 9.68. The number of pyridine rings is 1. The first-order valence-corrected chi connectivity index (χ1v) is 16.5. The van der Waals surface area contributed by atoms with Gasteiger partial charge in [-0.2, -0.15) is 0 Å². The molecule has 0 bridgehead atoms. The van der Waals surface area contributed by atoms with E-state index in [1.807, 2.05) is 24.9 Å². The highest BCUT2D eigenvalue weighted by Gasteiger charge is 2.38. The number of aromatic nitrogens is 1. The second kappa shape index (κ2) is 16.4. The number of aryl methyl sites for hydroxylation is 1. The minimum absolute atomic E-state index is 0.0667. The molecule has 0 aliphatic carbocycles. The van der Waals surface area contributed by atoms with Gasteiger partial charge in [-0.1, -0.05) is 78.1 Å². The first kappa shape index (κ1) is 28.9. The van der Waals surface area contributed by atoms with E-state index in [-0.39, 0.29) is 11.2 Å². The van der Waals surface area contributed by atoms with E-state index in [2.05, 4.69) is 36.5 Å². The van der Waals surface area contributed by atoms with E-state index in [0.29, 0.717) is 11.2 Å². The predicted octanol–water partition coefficient (Wildman–Crippen LogP) is 8.98. The van der Waals surface area contributed by atoms with Crippen molar-refractivity contribution in [2.75, 3.05) is 17.8 Å². The average Bonchev–Trinajstić information content (AvgIpc) is 3.22. The van der Waals surface area contributed by atoms with Crippen molar-refractivity contribution < 1.29 is 4.79 Å². The molecule has 0 aromatic carbocycles. The summed E-state index contributed by atoms with van der Waals surface area (Å²) < 4.78 is 0. The molecule has 1 saturated heterocycles. The monoisotopic (exact) mass is 510 g/mol. The number of nitrogens with zero attached hydrogens (tertiary/aromatic N) is 1. The zero-order valence-electron chi connectivity index (χ0n) is 21.6. The van der Waals surface area contributed by atoms with Crippen molar-refractivity contribution in [1.29, 1.82) is 0 Å². The summed E-state index contributed by atoms with van der Waals surface area (Å²) in [6.45, 7) is 6.58. The van der Waals surface area contributed by atoms with E-state index in [9.17, 15) is 4.79 Å². The van der Waals surface area contributed by atoms with Crippen LogP contribution >= 0.6 is 35.3 Å². The summed E-state index contributed by atoms with van der Waals surface area (Å²) in [4.78, 5) is 19.2. The molecule has 33 heavy (non-hydrogen) atoms. The Labute approximate surface area is 216 Å². The first-order valence-electron chi connectivity index (χ1n) is 13.1. The van der Waals surface area contributed by atoms with Crippen molar-refractivity contribution in [3.63, 3.8) is 0 Å². The molecule has 1 aromatic heterocycles. The molecular formula is C27H46N2OS3. The van der Waals surface area contributed by atoms with Crippen LogP contribution in [-0.4, -0.2) is 33.9 Å². The molecule has 6 heteroatoms. The van der Waals surface area contributed by atoms with E-state index < -0.39 is 0 Å². The smallest absolute Gasteiger partial charge is 0.237 e. The van der Waals surface area contributed by atoms with Crippen molar-refractivity contribution in [2.24, 2.45) is 5.92 Å². The van der Waals surface area contributed by atoms with Gasteiger partial charge in [0.2, 0.25) is 5.91 Å². The van der Waals surface area contributed by atoms with Crippen LogP contribution in [0.2, 0.25) is 0 Å². The van der Waals surface area contributed by atoms with E-state index >= 15 is 0 Å². The van der Waals surface area contributed by atoms with Crippen LogP contribution in [0.3, 0.4) is 0 Å². The third-order valence-electron chi connectivity index (χ3n) is 6.68. The van der Waals surface area contributed by atoms with Crippen LogP contribution in [0.25, 0.3) is 0 Å². The summed E-state index contributed by atoms with van der Waals surface area (Å²) >= 11 is 5.26. The molecule has 3 atom stereocenters. The number of rotatable bonds is 16. The van der Waals surface area contributed by atoms with Crippen LogP contribution in [0.1, 0.15) is 103 Å². The highest BCUT2D eigenvalue weighted by atomic mass is 32.2. The molecular weight excluding hydrogens is 465 g/mol. The molecule has 188 valence electrons. The zero-order valence-corrected chi connectivity index (χ0v) is 24.0. The quantitative estimate of drug-likeness (QED) is 0.177. The maximum atomic E-state index is 13.4. The normalized spacial score (nSPS) is 20.3. The van der Waals surface area contributed by atoms with Gasteiger partial charge in [-0.3, -0.25) is 4.79 Å². The Morgan fingerprint density at radius 2 is 1.64 bits per heavy atom. The van der Waals surface area contributed by atoms with Gasteiger partial charge in [0, 0.05) is 15.8 Å². The summed E-state index contributed by atoms with van der Waals surface area (Å²) in [6, 6.07) is 2.08. The molecule has 1 aliphatic rings. The average molecular weight is 511 g/mol. The van der Waals surface area contributed by atoms with Crippen LogP contribution in [0.4, 0.5) is 5.69 Å². The minimum atomic E-state index is 0.0667. The maximum Gasteiger partial charge on any atom is 0.237 e. The second-order valence-electron chi connectivity index (χ2n) is 9.40. The van der Waals surface area contributed by atoms with Crippen LogP contribution in [0.15, 0.2) is 16.0 Å². The lowest BCUT2D eigenvalue weighted by molar-refractivity contribution is -0.115. The van der Waals surface area contributed by atoms with Crippen LogP contribution in [-0.2, 0) is 4.79 Å². The lowest BCUT2D eigenvalue weighted by Gasteiger charge is -2.18. The van der Waals surface area contributed by atoms with Crippen LogP contribution in [0, 0.1) is 12.8 Å².